The van der Waals surface area contributed by atoms with Crippen LogP contribution in [-0.4, -0.2) is 48.4 Å². The molecule has 0 bridgehead atoms. The van der Waals surface area contributed by atoms with Crippen LogP contribution in [0, 0.1) is 0 Å². The van der Waals surface area contributed by atoms with Gasteiger partial charge >= 0.3 is 5.63 Å². The number of anilines is 1. The highest BCUT2D eigenvalue weighted by Crippen LogP contribution is 2.21. The fraction of sp³-hybridized carbons (Fsp3) is 0.333. The summed E-state index contributed by atoms with van der Waals surface area (Å²) in [6.07, 6.45) is 0.935. The molecule has 2 heterocycles. The van der Waals surface area contributed by atoms with Gasteiger partial charge in [0, 0.05) is 54.9 Å². The van der Waals surface area contributed by atoms with Crippen LogP contribution >= 0.6 is 11.6 Å². The topological polar surface area (TPSA) is 65.8 Å². The largest absolute Gasteiger partial charge is 0.423 e. The normalized spacial score (nSPS) is 15.3. The Kier molecular flexibility index (Phi) is 6.70. The van der Waals surface area contributed by atoms with E-state index in [2.05, 4.69) is 28.1 Å². The Morgan fingerprint density at radius 1 is 1.06 bits per heavy atom. The van der Waals surface area contributed by atoms with Gasteiger partial charge in [0.15, 0.2) is 0 Å². The van der Waals surface area contributed by atoms with E-state index in [1.807, 2.05) is 24.3 Å². The summed E-state index contributed by atoms with van der Waals surface area (Å²) >= 11 is 5.97. The molecule has 0 spiro atoms. The van der Waals surface area contributed by atoms with Crippen LogP contribution in [0.3, 0.4) is 0 Å². The predicted octanol–water partition coefficient (Wildman–Crippen LogP) is 3.77. The van der Waals surface area contributed by atoms with Crippen LogP contribution < -0.4 is 10.9 Å². The Balaban J connectivity index is 1.35. The maximum atomic E-state index is 12.4. The van der Waals surface area contributed by atoms with Gasteiger partial charge in [0.1, 0.15) is 5.58 Å². The Bertz CT molecular complexity index is 1140. The second-order valence-corrected chi connectivity index (χ2v) is 8.32. The third-order valence-electron chi connectivity index (χ3n) is 5.64. The molecule has 0 saturated carbocycles. The number of hydrogen-bond acceptors (Lipinski definition) is 5. The number of fused-ring (bicyclic) bond motifs is 1. The molecule has 1 aromatic heterocycles. The number of carbonyl (C=O) groups is 1. The summed E-state index contributed by atoms with van der Waals surface area (Å²) in [5.41, 5.74) is 3.24. The van der Waals surface area contributed by atoms with Gasteiger partial charge in [0.25, 0.3) is 0 Å². The van der Waals surface area contributed by atoms with Crippen molar-refractivity contribution < 1.29 is 9.21 Å². The first-order valence-corrected chi connectivity index (χ1v) is 10.9. The second kappa shape index (κ2) is 9.64. The SMILES string of the molecule is CCc1ccc2oc(=O)cc(CN3CCN(CC(=O)Nc4cccc(Cl)c4)CC3)c2c1. The molecule has 0 radical (unpaired) electrons. The number of nitrogens with zero attached hydrogens (tertiary/aromatic N) is 2. The summed E-state index contributed by atoms with van der Waals surface area (Å²) in [5, 5.41) is 4.49. The van der Waals surface area contributed by atoms with Crippen molar-refractivity contribution in [3.8, 4) is 0 Å². The predicted molar refractivity (Wildman–Crippen MR) is 124 cm³/mol. The van der Waals surface area contributed by atoms with E-state index in [0.717, 1.165) is 43.5 Å². The van der Waals surface area contributed by atoms with Gasteiger partial charge in [0.05, 0.1) is 6.54 Å². The van der Waals surface area contributed by atoms with Gasteiger partial charge in [-0.15, -0.1) is 0 Å². The number of rotatable bonds is 6. The van der Waals surface area contributed by atoms with Crippen molar-refractivity contribution in [1.82, 2.24) is 9.80 Å². The number of piperazine rings is 1. The van der Waals surface area contributed by atoms with E-state index in [4.69, 9.17) is 16.0 Å². The molecule has 162 valence electrons. The van der Waals surface area contributed by atoms with Crippen molar-refractivity contribution in [3.05, 3.63) is 75.1 Å². The minimum Gasteiger partial charge on any atom is -0.423 e. The monoisotopic (exact) mass is 439 g/mol. The minimum atomic E-state index is -0.317. The molecule has 7 heteroatoms. The molecule has 1 saturated heterocycles. The molecular weight excluding hydrogens is 414 g/mol. The molecule has 1 aliphatic heterocycles. The van der Waals surface area contributed by atoms with Crippen molar-refractivity contribution in [3.63, 3.8) is 0 Å². The van der Waals surface area contributed by atoms with Crippen molar-refractivity contribution >= 4 is 34.2 Å². The molecule has 1 N–H and O–H groups in total. The number of carbonyl (C=O) groups excluding carboxylic acids is 1. The number of benzene rings is 2. The highest BCUT2D eigenvalue weighted by molar-refractivity contribution is 6.30. The van der Waals surface area contributed by atoms with E-state index in [-0.39, 0.29) is 11.5 Å². The van der Waals surface area contributed by atoms with Crippen molar-refractivity contribution in [2.75, 3.05) is 38.0 Å². The molecule has 0 aliphatic carbocycles. The summed E-state index contributed by atoms with van der Waals surface area (Å²) in [7, 11) is 0. The van der Waals surface area contributed by atoms with E-state index in [0.29, 0.717) is 29.4 Å². The van der Waals surface area contributed by atoms with Crippen LogP contribution in [0.2, 0.25) is 5.02 Å². The Hall–Kier alpha value is -2.67. The molecule has 6 nitrogen and oxygen atoms in total. The van der Waals surface area contributed by atoms with Gasteiger partial charge in [-0.2, -0.15) is 0 Å². The molecule has 0 unspecified atom stereocenters. The first-order valence-electron chi connectivity index (χ1n) is 10.6. The fourth-order valence-electron chi connectivity index (χ4n) is 3.94. The zero-order valence-corrected chi connectivity index (χ0v) is 18.3. The van der Waals surface area contributed by atoms with Crippen molar-refractivity contribution in [2.45, 2.75) is 19.9 Å². The van der Waals surface area contributed by atoms with Gasteiger partial charge in [-0.25, -0.2) is 4.79 Å². The quantitative estimate of drug-likeness (QED) is 0.592. The molecule has 1 fully saturated rings. The lowest BCUT2D eigenvalue weighted by Crippen LogP contribution is -2.48. The number of hydrogen-bond donors (Lipinski definition) is 1. The van der Waals surface area contributed by atoms with E-state index in [9.17, 15) is 9.59 Å². The Labute approximate surface area is 186 Å². The van der Waals surface area contributed by atoms with Gasteiger partial charge in [-0.05, 0) is 47.9 Å². The first-order chi connectivity index (χ1) is 15.0. The minimum absolute atomic E-state index is 0.0468. The fourth-order valence-corrected chi connectivity index (χ4v) is 4.13. The summed E-state index contributed by atoms with van der Waals surface area (Å²) in [5.74, 6) is -0.0468. The van der Waals surface area contributed by atoms with Crippen LogP contribution in [0.25, 0.3) is 11.0 Å². The maximum Gasteiger partial charge on any atom is 0.336 e. The lowest BCUT2D eigenvalue weighted by molar-refractivity contribution is -0.117. The molecule has 0 atom stereocenters. The second-order valence-electron chi connectivity index (χ2n) is 7.89. The van der Waals surface area contributed by atoms with Crippen LogP contribution in [0.4, 0.5) is 5.69 Å². The lowest BCUT2D eigenvalue weighted by Gasteiger charge is -2.34. The average Bonchev–Trinajstić information content (AvgIpc) is 2.75. The van der Waals surface area contributed by atoms with E-state index < -0.39 is 0 Å². The Morgan fingerprint density at radius 3 is 2.58 bits per heavy atom. The lowest BCUT2D eigenvalue weighted by atomic mass is 10.0. The number of aryl methyl sites for hydroxylation is 1. The van der Waals surface area contributed by atoms with Crippen molar-refractivity contribution in [1.29, 1.82) is 0 Å². The number of nitrogens with one attached hydrogen (secondary N) is 1. The van der Waals surface area contributed by atoms with Gasteiger partial charge in [-0.1, -0.05) is 30.7 Å². The summed E-state index contributed by atoms with van der Waals surface area (Å²) in [6, 6.07) is 14.8. The zero-order valence-electron chi connectivity index (χ0n) is 17.6. The smallest absolute Gasteiger partial charge is 0.336 e. The van der Waals surface area contributed by atoms with E-state index in [1.165, 1.54) is 5.56 Å². The van der Waals surface area contributed by atoms with Crippen LogP contribution in [0.5, 0.6) is 0 Å². The Morgan fingerprint density at radius 2 is 1.84 bits per heavy atom. The van der Waals surface area contributed by atoms with Crippen LogP contribution in [0.15, 0.2) is 57.7 Å². The third kappa shape index (κ3) is 5.53. The standard InChI is InChI=1S/C24H26ClN3O3/c1-2-17-6-7-22-21(12-17)18(13-24(30)31-22)15-27-8-10-28(11-9-27)16-23(29)26-20-5-3-4-19(25)14-20/h3-7,12-14H,2,8-11,15-16H2,1H3,(H,26,29). The third-order valence-corrected chi connectivity index (χ3v) is 5.87. The summed E-state index contributed by atoms with van der Waals surface area (Å²) in [6.45, 7) is 6.40. The molecular formula is C24H26ClN3O3. The summed E-state index contributed by atoms with van der Waals surface area (Å²) < 4.78 is 5.37. The molecule has 3 aromatic rings. The highest BCUT2D eigenvalue weighted by atomic mass is 35.5. The van der Waals surface area contributed by atoms with E-state index >= 15 is 0 Å². The first kappa shape index (κ1) is 21.6. The van der Waals surface area contributed by atoms with Gasteiger partial charge < -0.3 is 9.73 Å². The molecule has 1 aliphatic rings. The maximum absolute atomic E-state index is 12.4. The molecule has 1 amide bonds. The molecule has 2 aromatic carbocycles. The summed E-state index contributed by atoms with van der Waals surface area (Å²) in [4.78, 5) is 28.8. The highest BCUT2D eigenvalue weighted by Gasteiger charge is 2.20. The van der Waals surface area contributed by atoms with E-state index in [1.54, 1.807) is 18.2 Å². The zero-order chi connectivity index (χ0) is 21.8. The molecule has 31 heavy (non-hydrogen) atoms. The van der Waals surface area contributed by atoms with Crippen molar-refractivity contribution in [2.24, 2.45) is 0 Å². The van der Waals surface area contributed by atoms with Gasteiger partial charge in [-0.3, -0.25) is 14.6 Å². The molecule has 4 rings (SSSR count). The van der Waals surface area contributed by atoms with Crippen LogP contribution in [-0.2, 0) is 17.8 Å². The van der Waals surface area contributed by atoms with Crippen LogP contribution in [0.1, 0.15) is 18.1 Å². The number of amides is 1. The number of halogens is 1. The average molecular weight is 440 g/mol. The van der Waals surface area contributed by atoms with Gasteiger partial charge in [0.2, 0.25) is 5.91 Å².